The van der Waals surface area contributed by atoms with Crippen LogP contribution in [-0.2, 0) is 4.74 Å². The van der Waals surface area contributed by atoms with E-state index in [-0.39, 0.29) is 0 Å². The van der Waals surface area contributed by atoms with Crippen LogP contribution >= 0.6 is 0 Å². The number of anilines is 2. The average Bonchev–Trinajstić information content (AvgIpc) is 2.91. The Labute approximate surface area is 208 Å². The number of nitrogens with one attached hydrogen (secondary N) is 1. The molecule has 0 bridgehead atoms. The van der Waals surface area contributed by atoms with Gasteiger partial charge in [-0.2, -0.15) is 15.1 Å². The summed E-state index contributed by atoms with van der Waals surface area (Å²) in [4.78, 5) is 13.9. The average molecular weight is 479 g/mol. The molecule has 0 radical (unpaired) electrons. The molecular formula is C26H50N6O2. The Hall–Kier alpha value is -1.93. The van der Waals surface area contributed by atoms with Gasteiger partial charge in [0.2, 0.25) is 0 Å². The lowest BCUT2D eigenvalue weighted by molar-refractivity contribution is 0.0317. The molecule has 2 heterocycles. The van der Waals surface area contributed by atoms with Crippen LogP contribution in [0, 0.1) is 0 Å². The van der Waals surface area contributed by atoms with E-state index in [0.717, 1.165) is 77.4 Å². The predicted octanol–water partition coefficient (Wildman–Crippen LogP) is 5.60. The maximum Gasteiger partial charge on any atom is 0.320 e. The first-order chi connectivity index (χ1) is 16.8. The van der Waals surface area contributed by atoms with Gasteiger partial charge in [-0.05, 0) is 38.5 Å². The van der Waals surface area contributed by atoms with Gasteiger partial charge in [-0.25, -0.2) is 0 Å². The summed E-state index contributed by atoms with van der Waals surface area (Å²) in [6.45, 7) is 19.2. The summed E-state index contributed by atoms with van der Waals surface area (Å²) in [7, 11) is 0. The highest BCUT2D eigenvalue weighted by atomic mass is 16.5. The molecule has 34 heavy (non-hydrogen) atoms. The second-order valence-corrected chi connectivity index (χ2v) is 8.03. The number of morpholine rings is 1. The molecule has 2 fully saturated rings. The van der Waals surface area contributed by atoms with E-state index in [2.05, 4.69) is 39.2 Å². The molecule has 0 aromatic carbocycles. The highest BCUT2D eigenvalue weighted by Crippen LogP contribution is 2.21. The van der Waals surface area contributed by atoms with Crippen LogP contribution in [0.15, 0.2) is 11.2 Å². The van der Waals surface area contributed by atoms with Gasteiger partial charge in [-0.3, -0.25) is 10.3 Å². The van der Waals surface area contributed by atoms with E-state index < -0.39 is 0 Å². The van der Waals surface area contributed by atoms with Gasteiger partial charge >= 0.3 is 6.01 Å². The third-order valence-electron chi connectivity index (χ3n) is 5.50. The lowest BCUT2D eigenvalue weighted by Crippen LogP contribution is -2.38. The number of hydrogen-bond donors (Lipinski definition) is 1. The Bertz CT molecular complexity index is 651. The molecule has 196 valence electrons. The van der Waals surface area contributed by atoms with Crippen molar-refractivity contribution in [3.63, 3.8) is 0 Å². The lowest BCUT2D eigenvalue weighted by atomic mass is 9.99. The zero-order valence-electron chi connectivity index (χ0n) is 22.7. The molecule has 1 aromatic rings. The zero-order chi connectivity index (χ0) is 25.0. The molecule has 1 saturated heterocycles. The minimum absolute atomic E-state index is 0.421. The molecule has 1 N–H and O–H groups in total. The van der Waals surface area contributed by atoms with Crippen LogP contribution in [0.3, 0.4) is 0 Å². The molecule has 0 unspecified atom stereocenters. The van der Waals surface area contributed by atoms with Gasteiger partial charge in [0.15, 0.2) is 5.82 Å². The topological polar surface area (TPSA) is 75.1 Å². The minimum Gasteiger partial charge on any atom is -0.462 e. The van der Waals surface area contributed by atoms with Gasteiger partial charge < -0.3 is 14.4 Å². The molecule has 8 nitrogen and oxygen atoms in total. The number of hydrazone groups is 1. The van der Waals surface area contributed by atoms with Crippen molar-refractivity contribution in [2.45, 2.75) is 86.5 Å². The zero-order valence-corrected chi connectivity index (χ0v) is 22.7. The van der Waals surface area contributed by atoms with Crippen molar-refractivity contribution in [3.8, 4) is 6.01 Å². The molecular weight excluding hydrogens is 428 g/mol. The van der Waals surface area contributed by atoms with Crippen molar-refractivity contribution in [1.29, 1.82) is 0 Å². The standard InChI is InChI=1S/C22H38N6O2.2C2H6/c1-3-10-28(11-4-2)21-18-20(26-25-19-8-6-5-7-9-19)23-22(24-21)30-17-14-27-12-15-29-16-13-27;2*1-2/h18H,3-17H2,1-2H3,(H,23,24,26);2*1-2H3. The Morgan fingerprint density at radius 2 is 1.65 bits per heavy atom. The second kappa shape index (κ2) is 19.4. The van der Waals surface area contributed by atoms with Crippen molar-refractivity contribution in [1.82, 2.24) is 14.9 Å². The molecule has 1 aliphatic carbocycles. The quantitative estimate of drug-likeness (QED) is 0.415. The molecule has 0 atom stereocenters. The maximum absolute atomic E-state index is 5.97. The summed E-state index contributed by atoms with van der Waals surface area (Å²) in [5.41, 5.74) is 4.41. The van der Waals surface area contributed by atoms with Crippen LogP contribution in [0.1, 0.15) is 86.5 Å². The summed E-state index contributed by atoms with van der Waals surface area (Å²) in [6.07, 6.45) is 8.06. The number of nitrogens with zero attached hydrogens (tertiary/aromatic N) is 5. The molecule has 1 saturated carbocycles. The summed E-state index contributed by atoms with van der Waals surface area (Å²) in [5.74, 6) is 1.61. The Kier molecular flexibility index (Phi) is 17.2. The maximum atomic E-state index is 5.97. The van der Waals surface area contributed by atoms with Crippen molar-refractivity contribution < 1.29 is 9.47 Å². The largest absolute Gasteiger partial charge is 0.462 e. The Morgan fingerprint density at radius 1 is 1.00 bits per heavy atom. The van der Waals surface area contributed by atoms with Gasteiger partial charge in [0, 0.05) is 44.5 Å². The Balaban J connectivity index is 0.00000137. The summed E-state index contributed by atoms with van der Waals surface area (Å²) in [5, 5.41) is 4.62. The van der Waals surface area contributed by atoms with E-state index in [9.17, 15) is 0 Å². The van der Waals surface area contributed by atoms with Crippen LogP contribution in [0.5, 0.6) is 6.01 Å². The molecule has 0 amide bonds. The number of ether oxygens (including phenoxy) is 2. The van der Waals surface area contributed by atoms with Gasteiger partial charge in [0.25, 0.3) is 0 Å². The fourth-order valence-corrected chi connectivity index (χ4v) is 3.88. The molecule has 3 rings (SSSR count). The molecule has 1 aromatic heterocycles. The van der Waals surface area contributed by atoms with Crippen molar-refractivity contribution in [2.24, 2.45) is 5.10 Å². The first-order valence-corrected chi connectivity index (χ1v) is 13.7. The smallest absolute Gasteiger partial charge is 0.320 e. The van der Waals surface area contributed by atoms with Gasteiger partial charge in [-0.15, -0.1) is 0 Å². The predicted molar refractivity (Wildman–Crippen MR) is 144 cm³/mol. The van der Waals surface area contributed by atoms with Crippen molar-refractivity contribution in [3.05, 3.63) is 6.07 Å². The number of rotatable bonds is 11. The SMILES string of the molecule is CC.CC.CCCN(CCC)c1cc(NN=C2CCCCC2)nc(OCCN2CCOCC2)n1. The molecule has 8 heteroatoms. The van der Waals surface area contributed by atoms with Gasteiger partial charge in [0.05, 0.1) is 13.2 Å². The summed E-state index contributed by atoms with van der Waals surface area (Å²) >= 11 is 0. The second-order valence-electron chi connectivity index (χ2n) is 8.03. The summed E-state index contributed by atoms with van der Waals surface area (Å²) < 4.78 is 11.4. The van der Waals surface area contributed by atoms with Gasteiger partial charge in [-0.1, -0.05) is 48.0 Å². The molecule has 0 spiro atoms. The third-order valence-corrected chi connectivity index (χ3v) is 5.50. The van der Waals surface area contributed by atoms with Gasteiger partial charge in [0.1, 0.15) is 12.4 Å². The van der Waals surface area contributed by atoms with Crippen LogP contribution < -0.4 is 15.1 Å². The highest BCUT2D eigenvalue weighted by Gasteiger charge is 2.14. The van der Waals surface area contributed by atoms with Crippen LogP contribution in [0.2, 0.25) is 0 Å². The number of aromatic nitrogens is 2. The molecule has 2 aliphatic rings. The van der Waals surface area contributed by atoms with E-state index in [1.165, 1.54) is 25.0 Å². The van der Waals surface area contributed by atoms with E-state index in [4.69, 9.17) is 14.5 Å². The van der Waals surface area contributed by atoms with Crippen LogP contribution in [0.4, 0.5) is 11.6 Å². The van der Waals surface area contributed by atoms with E-state index in [1.807, 2.05) is 33.8 Å². The monoisotopic (exact) mass is 478 g/mol. The number of hydrogen-bond acceptors (Lipinski definition) is 8. The van der Waals surface area contributed by atoms with E-state index >= 15 is 0 Å². The highest BCUT2D eigenvalue weighted by molar-refractivity contribution is 5.85. The Morgan fingerprint density at radius 3 is 2.26 bits per heavy atom. The first-order valence-electron chi connectivity index (χ1n) is 13.7. The lowest BCUT2D eigenvalue weighted by Gasteiger charge is -2.26. The fourth-order valence-electron chi connectivity index (χ4n) is 3.88. The van der Waals surface area contributed by atoms with Crippen LogP contribution in [-0.4, -0.2) is 73.1 Å². The van der Waals surface area contributed by atoms with Crippen molar-refractivity contribution >= 4 is 17.3 Å². The molecule has 1 aliphatic heterocycles. The normalized spacial score (nSPS) is 15.9. The first kappa shape index (κ1) is 30.1. The third kappa shape index (κ3) is 11.5. The minimum atomic E-state index is 0.421. The van der Waals surface area contributed by atoms with E-state index in [1.54, 1.807) is 0 Å². The van der Waals surface area contributed by atoms with Crippen molar-refractivity contribution in [2.75, 3.05) is 62.9 Å². The fraction of sp³-hybridized carbons (Fsp3) is 0.808. The van der Waals surface area contributed by atoms with E-state index in [0.29, 0.717) is 18.4 Å². The summed E-state index contributed by atoms with van der Waals surface area (Å²) in [6, 6.07) is 2.41. The van der Waals surface area contributed by atoms with Crippen LogP contribution in [0.25, 0.3) is 0 Å².